The summed E-state index contributed by atoms with van der Waals surface area (Å²) in [5, 5.41) is 6.25. The zero-order valence-corrected chi connectivity index (χ0v) is 9.32. The molecule has 15 heavy (non-hydrogen) atoms. The molecule has 0 aliphatic carbocycles. The molecule has 0 N–H and O–H groups in total. The van der Waals surface area contributed by atoms with Crippen molar-refractivity contribution in [1.82, 2.24) is 19.2 Å². The fraction of sp³-hybridized carbons (Fsp3) is 0.200. The molecular formula is C10H10N4S. The predicted molar refractivity (Wildman–Crippen MR) is 60.0 cm³/mol. The number of thiazole rings is 1. The van der Waals surface area contributed by atoms with Gasteiger partial charge in [0.2, 0.25) is 0 Å². The van der Waals surface area contributed by atoms with E-state index in [-0.39, 0.29) is 0 Å². The van der Waals surface area contributed by atoms with E-state index in [1.165, 1.54) is 5.69 Å². The fourth-order valence-corrected chi connectivity index (χ4v) is 2.44. The Kier molecular flexibility index (Phi) is 1.70. The number of aromatic nitrogens is 4. The van der Waals surface area contributed by atoms with E-state index in [4.69, 9.17) is 0 Å². The van der Waals surface area contributed by atoms with E-state index in [9.17, 15) is 0 Å². The van der Waals surface area contributed by atoms with Gasteiger partial charge >= 0.3 is 0 Å². The highest BCUT2D eigenvalue weighted by Gasteiger charge is 2.08. The van der Waals surface area contributed by atoms with Crippen LogP contribution in [0.25, 0.3) is 16.2 Å². The van der Waals surface area contributed by atoms with Crippen molar-refractivity contribution < 1.29 is 0 Å². The Morgan fingerprint density at radius 2 is 2.20 bits per heavy atom. The molecule has 0 radical (unpaired) electrons. The quantitative estimate of drug-likeness (QED) is 0.627. The zero-order valence-electron chi connectivity index (χ0n) is 8.51. The second-order valence-electron chi connectivity index (χ2n) is 3.56. The maximum absolute atomic E-state index is 4.55. The Labute approximate surface area is 90.8 Å². The van der Waals surface area contributed by atoms with Crippen molar-refractivity contribution in [2.45, 2.75) is 6.92 Å². The van der Waals surface area contributed by atoms with Crippen molar-refractivity contribution in [2.75, 3.05) is 0 Å². The molecule has 0 amide bonds. The molecule has 3 aromatic heterocycles. The Morgan fingerprint density at radius 3 is 2.87 bits per heavy atom. The maximum atomic E-state index is 4.55. The van der Waals surface area contributed by atoms with E-state index in [1.54, 1.807) is 16.0 Å². The molecule has 0 spiro atoms. The van der Waals surface area contributed by atoms with Gasteiger partial charge in [-0.3, -0.25) is 9.08 Å². The predicted octanol–water partition coefficient (Wildman–Crippen LogP) is 2.10. The van der Waals surface area contributed by atoms with Crippen molar-refractivity contribution in [3.05, 3.63) is 29.7 Å². The number of hydrogen-bond donors (Lipinski definition) is 0. The first-order valence-corrected chi connectivity index (χ1v) is 5.54. The Hall–Kier alpha value is -1.62. The molecule has 0 saturated carbocycles. The summed E-state index contributed by atoms with van der Waals surface area (Å²) in [7, 11) is 1.91. The van der Waals surface area contributed by atoms with E-state index in [2.05, 4.69) is 33.0 Å². The molecule has 0 fully saturated rings. The van der Waals surface area contributed by atoms with Gasteiger partial charge in [0.05, 0.1) is 11.9 Å². The highest BCUT2D eigenvalue weighted by Crippen LogP contribution is 2.22. The molecule has 5 heteroatoms. The average molecular weight is 218 g/mol. The van der Waals surface area contributed by atoms with Crippen LogP contribution in [0.15, 0.2) is 24.0 Å². The van der Waals surface area contributed by atoms with E-state index < -0.39 is 0 Å². The first-order valence-electron chi connectivity index (χ1n) is 4.66. The van der Waals surface area contributed by atoms with Gasteiger partial charge in [0, 0.05) is 36.1 Å². The molecule has 3 heterocycles. The summed E-state index contributed by atoms with van der Waals surface area (Å²) in [6.45, 7) is 2.08. The van der Waals surface area contributed by atoms with Crippen LogP contribution < -0.4 is 0 Å². The van der Waals surface area contributed by atoms with E-state index in [0.717, 1.165) is 16.2 Å². The van der Waals surface area contributed by atoms with Gasteiger partial charge in [-0.2, -0.15) is 5.10 Å². The topological polar surface area (TPSA) is 35.1 Å². The lowest BCUT2D eigenvalue weighted by molar-refractivity contribution is 0.768. The normalized spacial score (nSPS) is 11.3. The maximum Gasteiger partial charge on any atom is 0.194 e. The van der Waals surface area contributed by atoms with Crippen molar-refractivity contribution in [3.63, 3.8) is 0 Å². The van der Waals surface area contributed by atoms with Crippen LogP contribution in [-0.2, 0) is 7.05 Å². The standard InChI is InChI=1S/C10H10N4S/c1-7-6-15-10-12-9(5-14(7)10)8-3-11-13(2)4-8/h3-6H,1-2H3. The monoisotopic (exact) mass is 218 g/mol. The van der Waals surface area contributed by atoms with Crippen LogP contribution in [0.3, 0.4) is 0 Å². The summed E-state index contributed by atoms with van der Waals surface area (Å²) >= 11 is 1.66. The molecule has 3 aromatic rings. The number of rotatable bonds is 1. The third-order valence-corrected chi connectivity index (χ3v) is 3.35. The van der Waals surface area contributed by atoms with Gasteiger partial charge in [-0.25, -0.2) is 4.98 Å². The summed E-state index contributed by atoms with van der Waals surface area (Å²) in [5.74, 6) is 0. The van der Waals surface area contributed by atoms with Crippen molar-refractivity contribution in [1.29, 1.82) is 0 Å². The largest absolute Gasteiger partial charge is 0.294 e. The molecule has 0 aromatic carbocycles. The van der Waals surface area contributed by atoms with Gasteiger partial charge in [0.25, 0.3) is 0 Å². The molecule has 0 saturated heterocycles. The molecule has 3 rings (SSSR count). The molecule has 0 unspecified atom stereocenters. The van der Waals surface area contributed by atoms with Crippen molar-refractivity contribution >= 4 is 16.3 Å². The lowest BCUT2D eigenvalue weighted by atomic mass is 10.3. The van der Waals surface area contributed by atoms with Crippen LogP contribution in [0.5, 0.6) is 0 Å². The lowest BCUT2D eigenvalue weighted by Gasteiger charge is -1.87. The van der Waals surface area contributed by atoms with Crippen LogP contribution >= 0.6 is 11.3 Å². The van der Waals surface area contributed by atoms with Crippen molar-refractivity contribution in [2.24, 2.45) is 7.05 Å². The first kappa shape index (κ1) is 8.67. The fourth-order valence-electron chi connectivity index (χ4n) is 1.59. The number of imidazole rings is 1. The number of aryl methyl sites for hydroxylation is 2. The average Bonchev–Trinajstić information content (AvgIpc) is 2.84. The molecular weight excluding hydrogens is 208 g/mol. The van der Waals surface area contributed by atoms with Crippen molar-refractivity contribution in [3.8, 4) is 11.3 Å². The molecule has 4 nitrogen and oxygen atoms in total. The molecule has 0 bridgehead atoms. The van der Waals surface area contributed by atoms with Crippen LogP contribution in [0.2, 0.25) is 0 Å². The van der Waals surface area contributed by atoms with Gasteiger partial charge in [0.15, 0.2) is 4.96 Å². The minimum atomic E-state index is 0.984. The Morgan fingerprint density at radius 1 is 1.33 bits per heavy atom. The van der Waals surface area contributed by atoms with Gasteiger partial charge in [0.1, 0.15) is 0 Å². The van der Waals surface area contributed by atoms with Crippen LogP contribution in [0.4, 0.5) is 0 Å². The summed E-state index contributed by atoms with van der Waals surface area (Å²) in [4.78, 5) is 5.58. The second kappa shape index (κ2) is 2.93. The third kappa shape index (κ3) is 1.27. The summed E-state index contributed by atoms with van der Waals surface area (Å²) in [6, 6.07) is 0. The highest BCUT2D eigenvalue weighted by atomic mass is 32.1. The number of hydrogen-bond acceptors (Lipinski definition) is 3. The Bertz CT molecular complexity index is 616. The lowest BCUT2D eigenvalue weighted by Crippen LogP contribution is -1.84. The van der Waals surface area contributed by atoms with Gasteiger partial charge in [-0.05, 0) is 6.92 Å². The summed E-state index contributed by atoms with van der Waals surface area (Å²) in [6.07, 6.45) is 5.86. The van der Waals surface area contributed by atoms with E-state index >= 15 is 0 Å². The second-order valence-corrected chi connectivity index (χ2v) is 4.40. The van der Waals surface area contributed by atoms with Crippen LogP contribution in [-0.4, -0.2) is 19.2 Å². The highest BCUT2D eigenvalue weighted by molar-refractivity contribution is 7.15. The van der Waals surface area contributed by atoms with Crippen LogP contribution in [0.1, 0.15) is 5.69 Å². The van der Waals surface area contributed by atoms with E-state index in [1.807, 2.05) is 19.4 Å². The minimum absolute atomic E-state index is 0.984. The van der Waals surface area contributed by atoms with Gasteiger partial charge in [-0.15, -0.1) is 11.3 Å². The van der Waals surface area contributed by atoms with Gasteiger partial charge in [-0.1, -0.05) is 0 Å². The third-order valence-electron chi connectivity index (χ3n) is 2.39. The summed E-state index contributed by atoms with van der Waals surface area (Å²) in [5.41, 5.74) is 3.27. The number of nitrogens with zero attached hydrogens (tertiary/aromatic N) is 4. The Balaban J connectivity index is 2.19. The summed E-state index contributed by atoms with van der Waals surface area (Å²) < 4.78 is 3.89. The smallest absolute Gasteiger partial charge is 0.194 e. The minimum Gasteiger partial charge on any atom is -0.294 e. The molecule has 0 atom stereocenters. The number of fused-ring (bicyclic) bond motifs is 1. The van der Waals surface area contributed by atoms with Gasteiger partial charge < -0.3 is 0 Å². The molecule has 0 aliphatic rings. The molecule has 76 valence electrons. The van der Waals surface area contributed by atoms with E-state index in [0.29, 0.717) is 0 Å². The van der Waals surface area contributed by atoms with Crippen LogP contribution in [0, 0.1) is 6.92 Å². The zero-order chi connectivity index (χ0) is 10.4. The SMILES string of the molecule is Cc1csc2nc(-c3cnn(C)c3)cn12. The molecule has 0 aliphatic heterocycles. The first-order chi connectivity index (χ1) is 7.24.